The Morgan fingerprint density at radius 3 is 2.73 bits per heavy atom. The molecule has 2 N–H and O–H groups in total. The summed E-state index contributed by atoms with van der Waals surface area (Å²) in [6, 6.07) is 9.11. The number of ketones is 1. The van der Waals surface area contributed by atoms with Crippen molar-refractivity contribution in [2.75, 3.05) is 26.9 Å². The number of carbonyl (C=O) groups is 2. The Kier molecular flexibility index (Phi) is 6.06. The van der Waals surface area contributed by atoms with E-state index in [4.69, 9.17) is 9.47 Å². The summed E-state index contributed by atoms with van der Waals surface area (Å²) in [6.45, 7) is 4.17. The standard InChI is InChI=1S/C24H25N3O6/c1-4-33-17-13-15(8-9-16(17)28)21-19(23(30)24(31)27(21)11-12-32-3)22(29)20-14(2)25-18-7-5-6-10-26(18)20/h5-10,13,21,28-29H,4,11-12H2,1-3H3/b22-19+. The number of likely N-dealkylation sites (tertiary alicyclic amines) is 1. The van der Waals surface area contributed by atoms with E-state index in [0.29, 0.717) is 29.2 Å². The number of aliphatic hydroxyl groups is 1. The molecule has 0 aliphatic carbocycles. The van der Waals surface area contributed by atoms with Crippen molar-refractivity contribution in [3.8, 4) is 11.5 Å². The smallest absolute Gasteiger partial charge is 0.295 e. The van der Waals surface area contributed by atoms with E-state index >= 15 is 0 Å². The number of aromatic hydroxyl groups is 1. The molecule has 1 unspecified atom stereocenters. The van der Waals surface area contributed by atoms with Gasteiger partial charge in [0, 0.05) is 19.9 Å². The number of rotatable bonds is 7. The number of amides is 1. The van der Waals surface area contributed by atoms with Gasteiger partial charge < -0.3 is 24.6 Å². The van der Waals surface area contributed by atoms with Gasteiger partial charge in [0.2, 0.25) is 0 Å². The monoisotopic (exact) mass is 451 g/mol. The van der Waals surface area contributed by atoms with Gasteiger partial charge in [0.25, 0.3) is 11.7 Å². The van der Waals surface area contributed by atoms with E-state index in [9.17, 15) is 19.8 Å². The number of aromatic nitrogens is 2. The zero-order valence-electron chi connectivity index (χ0n) is 18.6. The van der Waals surface area contributed by atoms with E-state index in [2.05, 4.69) is 4.98 Å². The van der Waals surface area contributed by atoms with Crippen molar-refractivity contribution in [1.82, 2.24) is 14.3 Å². The fourth-order valence-corrected chi connectivity index (χ4v) is 4.15. The molecule has 1 aliphatic rings. The molecule has 0 spiro atoms. The lowest BCUT2D eigenvalue weighted by Crippen LogP contribution is -2.32. The number of pyridine rings is 1. The van der Waals surface area contributed by atoms with Crippen LogP contribution in [-0.4, -0.2) is 63.1 Å². The van der Waals surface area contributed by atoms with E-state index in [1.807, 2.05) is 6.07 Å². The molecule has 33 heavy (non-hydrogen) atoms. The number of imidazole rings is 1. The Labute approximate surface area is 190 Å². The van der Waals surface area contributed by atoms with Gasteiger partial charge in [-0.2, -0.15) is 0 Å². The molecule has 9 nitrogen and oxygen atoms in total. The van der Waals surface area contributed by atoms with Crippen LogP contribution in [0.4, 0.5) is 0 Å². The van der Waals surface area contributed by atoms with Gasteiger partial charge in [-0.3, -0.25) is 14.0 Å². The van der Waals surface area contributed by atoms with Crippen LogP contribution < -0.4 is 4.74 Å². The van der Waals surface area contributed by atoms with Gasteiger partial charge in [-0.15, -0.1) is 0 Å². The number of Topliss-reactive ketones (excluding diaryl/α,β-unsaturated/α-hetero) is 1. The van der Waals surface area contributed by atoms with E-state index in [-0.39, 0.29) is 36.0 Å². The van der Waals surface area contributed by atoms with Crippen molar-refractivity contribution in [2.45, 2.75) is 19.9 Å². The largest absolute Gasteiger partial charge is 0.505 e. The molecular weight excluding hydrogens is 426 g/mol. The molecule has 4 rings (SSSR count). The second-order valence-electron chi connectivity index (χ2n) is 7.62. The molecule has 0 radical (unpaired) electrons. The number of hydrogen-bond acceptors (Lipinski definition) is 7. The number of fused-ring (bicyclic) bond motifs is 1. The van der Waals surface area contributed by atoms with Crippen molar-refractivity contribution in [3.63, 3.8) is 0 Å². The number of hydrogen-bond donors (Lipinski definition) is 2. The highest BCUT2D eigenvalue weighted by atomic mass is 16.5. The molecule has 1 fully saturated rings. The van der Waals surface area contributed by atoms with Gasteiger partial charge in [-0.1, -0.05) is 12.1 Å². The van der Waals surface area contributed by atoms with E-state index < -0.39 is 17.7 Å². The summed E-state index contributed by atoms with van der Waals surface area (Å²) in [5.41, 5.74) is 1.91. The van der Waals surface area contributed by atoms with Crippen LogP contribution in [0.3, 0.4) is 0 Å². The predicted molar refractivity (Wildman–Crippen MR) is 120 cm³/mol. The predicted octanol–water partition coefficient (Wildman–Crippen LogP) is 2.82. The molecule has 3 heterocycles. The van der Waals surface area contributed by atoms with Crippen molar-refractivity contribution in [2.24, 2.45) is 0 Å². The average Bonchev–Trinajstić information content (AvgIpc) is 3.27. The van der Waals surface area contributed by atoms with Crippen LogP contribution in [0.1, 0.15) is 29.9 Å². The Morgan fingerprint density at radius 2 is 2.00 bits per heavy atom. The molecule has 2 aromatic heterocycles. The van der Waals surface area contributed by atoms with Crippen molar-refractivity contribution in [1.29, 1.82) is 0 Å². The third-order valence-electron chi connectivity index (χ3n) is 5.60. The van der Waals surface area contributed by atoms with Gasteiger partial charge >= 0.3 is 0 Å². The molecule has 1 aromatic carbocycles. The highest BCUT2D eigenvalue weighted by molar-refractivity contribution is 6.46. The fraction of sp³-hybridized carbons (Fsp3) is 0.292. The van der Waals surface area contributed by atoms with Crippen LogP contribution in [0.5, 0.6) is 11.5 Å². The minimum absolute atomic E-state index is 0.0574. The first-order valence-electron chi connectivity index (χ1n) is 10.6. The number of phenols is 1. The van der Waals surface area contributed by atoms with Crippen LogP contribution in [0.2, 0.25) is 0 Å². The van der Waals surface area contributed by atoms with Gasteiger partial charge in [-0.25, -0.2) is 4.98 Å². The Balaban J connectivity index is 1.94. The number of ether oxygens (including phenoxy) is 2. The minimum atomic E-state index is -0.895. The first-order chi connectivity index (χ1) is 15.9. The lowest BCUT2D eigenvalue weighted by molar-refractivity contribution is -0.140. The first kappa shape index (κ1) is 22.3. The maximum absolute atomic E-state index is 13.2. The third kappa shape index (κ3) is 3.80. The lowest BCUT2D eigenvalue weighted by Gasteiger charge is -2.25. The summed E-state index contributed by atoms with van der Waals surface area (Å²) < 4.78 is 12.3. The number of methoxy groups -OCH3 is 1. The maximum Gasteiger partial charge on any atom is 0.295 e. The van der Waals surface area contributed by atoms with Crippen LogP contribution in [0.15, 0.2) is 48.2 Å². The second kappa shape index (κ2) is 8.95. The quantitative estimate of drug-likeness (QED) is 0.323. The van der Waals surface area contributed by atoms with Crippen LogP contribution in [0.25, 0.3) is 11.4 Å². The number of aliphatic hydroxyl groups excluding tert-OH is 1. The van der Waals surface area contributed by atoms with E-state index in [0.717, 1.165) is 0 Å². The van der Waals surface area contributed by atoms with Gasteiger partial charge in [0.1, 0.15) is 11.3 Å². The fourth-order valence-electron chi connectivity index (χ4n) is 4.15. The summed E-state index contributed by atoms with van der Waals surface area (Å²) in [4.78, 5) is 32.0. The highest BCUT2D eigenvalue weighted by Crippen LogP contribution is 2.42. The topological polar surface area (TPSA) is 114 Å². The first-order valence-corrected chi connectivity index (χ1v) is 10.6. The van der Waals surface area contributed by atoms with E-state index in [1.165, 1.54) is 18.1 Å². The number of benzene rings is 1. The van der Waals surface area contributed by atoms with Gasteiger partial charge in [-0.05, 0) is 43.7 Å². The van der Waals surface area contributed by atoms with Crippen molar-refractivity contribution < 1.29 is 29.3 Å². The number of carbonyl (C=O) groups excluding carboxylic acids is 2. The summed E-state index contributed by atoms with van der Waals surface area (Å²) in [6.07, 6.45) is 1.73. The molecular formula is C24H25N3O6. The third-order valence-corrected chi connectivity index (χ3v) is 5.60. The average molecular weight is 451 g/mol. The van der Waals surface area contributed by atoms with Crippen molar-refractivity contribution >= 4 is 23.1 Å². The molecule has 0 bridgehead atoms. The van der Waals surface area contributed by atoms with Gasteiger partial charge in [0.15, 0.2) is 17.3 Å². The molecule has 1 aliphatic heterocycles. The van der Waals surface area contributed by atoms with Crippen LogP contribution in [-0.2, 0) is 14.3 Å². The molecule has 1 saturated heterocycles. The molecule has 1 atom stereocenters. The SMILES string of the molecule is CCOc1cc(C2/C(=C(\O)c3c(C)nc4ccccn34)C(=O)C(=O)N2CCOC)ccc1O. The Hall–Kier alpha value is -3.85. The Morgan fingerprint density at radius 1 is 1.21 bits per heavy atom. The van der Waals surface area contributed by atoms with Crippen LogP contribution in [0, 0.1) is 6.92 Å². The summed E-state index contributed by atoms with van der Waals surface area (Å²) in [5.74, 6) is -1.70. The number of aryl methyl sites for hydroxylation is 1. The molecule has 3 aromatic rings. The normalized spacial score (nSPS) is 17.8. The van der Waals surface area contributed by atoms with E-state index in [1.54, 1.807) is 48.7 Å². The number of nitrogens with zero attached hydrogens (tertiary/aromatic N) is 3. The van der Waals surface area contributed by atoms with Gasteiger partial charge in [0.05, 0.1) is 30.5 Å². The summed E-state index contributed by atoms with van der Waals surface area (Å²) >= 11 is 0. The molecule has 0 saturated carbocycles. The Bertz CT molecular complexity index is 1260. The minimum Gasteiger partial charge on any atom is -0.505 e. The zero-order valence-corrected chi connectivity index (χ0v) is 18.6. The summed E-state index contributed by atoms with van der Waals surface area (Å²) in [7, 11) is 1.50. The van der Waals surface area contributed by atoms with Crippen molar-refractivity contribution in [3.05, 3.63) is 65.1 Å². The number of phenolic OH excluding ortho intramolecular Hbond substituents is 1. The maximum atomic E-state index is 13.2. The van der Waals surface area contributed by atoms with Crippen LogP contribution >= 0.6 is 0 Å². The zero-order chi connectivity index (χ0) is 23.7. The summed E-state index contributed by atoms with van der Waals surface area (Å²) in [5, 5.41) is 21.5. The lowest BCUT2D eigenvalue weighted by atomic mass is 9.96. The highest BCUT2D eigenvalue weighted by Gasteiger charge is 2.46. The second-order valence-corrected chi connectivity index (χ2v) is 7.62. The molecule has 1 amide bonds. The molecule has 9 heteroatoms. The molecule has 172 valence electrons.